The summed E-state index contributed by atoms with van der Waals surface area (Å²) < 4.78 is 18.3. The molecule has 0 saturated carbocycles. The number of aliphatic imine (C=N–C) groups is 1. The van der Waals surface area contributed by atoms with Crippen LogP contribution in [-0.4, -0.2) is 35.6 Å². The van der Waals surface area contributed by atoms with E-state index in [1.165, 1.54) is 5.56 Å². The second kappa shape index (κ2) is 14.4. The molecule has 0 aliphatic rings. The summed E-state index contributed by atoms with van der Waals surface area (Å²) in [6.45, 7) is 7.47. The molecule has 0 radical (unpaired) electrons. The minimum atomic E-state index is -0.909. The fraction of sp³-hybridized carbons (Fsp3) is 0.435. The van der Waals surface area contributed by atoms with Gasteiger partial charge in [-0.1, -0.05) is 49.4 Å². The molecular formula is C23H34IN3O2S. The average Bonchev–Trinajstić information content (AvgIpc) is 2.72. The van der Waals surface area contributed by atoms with E-state index in [2.05, 4.69) is 54.6 Å². The van der Waals surface area contributed by atoms with E-state index in [4.69, 9.17) is 4.74 Å². The summed E-state index contributed by atoms with van der Waals surface area (Å²) in [5.74, 6) is 2.75. The van der Waals surface area contributed by atoms with Crippen LogP contribution in [0.2, 0.25) is 0 Å². The van der Waals surface area contributed by atoms with Gasteiger partial charge in [0, 0.05) is 48.0 Å². The Morgan fingerprint density at radius 3 is 2.57 bits per heavy atom. The Balaban J connectivity index is 0.00000450. The van der Waals surface area contributed by atoms with Crippen molar-refractivity contribution in [1.82, 2.24) is 10.6 Å². The van der Waals surface area contributed by atoms with Crippen molar-refractivity contribution in [2.45, 2.75) is 45.6 Å². The van der Waals surface area contributed by atoms with Gasteiger partial charge in [-0.15, -0.1) is 24.0 Å². The number of hydrogen-bond acceptors (Lipinski definition) is 3. The highest BCUT2D eigenvalue weighted by atomic mass is 127. The molecular weight excluding hydrogens is 509 g/mol. The Kier molecular flexibility index (Phi) is 12.7. The summed E-state index contributed by atoms with van der Waals surface area (Å²) in [6.07, 6.45) is 1.14. The van der Waals surface area contributed by atoms with Gasteiger partial charge in [0.25, 0.3) is 0 Å². The van der Waals surface area contributed by atoms with E-state index in [0.717, 1.165) is 23.3 Å². The van der Waals surface area contributed by atoms with E-state index in [1.807, 2.05) is 30.3 Å². The molecule has 5 nitrogen and oxygen atoms in total. The summed E-state index contributed by atoms with van der Waals surface area (Å²) in [7, 11) is 0.829. The van der Waals surface area contributed by atoms with Crippen molar-refractivity contribution in [2.75, 3.05) is 19.3 Å². The van der Waals surface area contributed by atoms with Crippen LogP contribution in [0.1, 0.15) is 37.0 Å². The first-order chi connectivity index (χ1) is 14.0. The topological polar surface area (TPSA) is 62.7 Å². The number of guanidine groups is 1. The summed E-state index contributed by atoms with van der Waals surface area (Å²) in [4.78, 5) is 4.26. The smallest absolute Gasteiger partial charge is 0.191 e. The molecule has 0 heterocycles. The molecule has 2 atom stereocenters. The van der Waals surface area contributed by atoms with Crippen LogP contribution < -0.4 is 15.4 Å². The maximum absolute atomic E-state index is 12.3. The zero-order valence-corrected chi connectivity index (χ0v) is 21.5. The fourth-order valence-corrected chi connectivity index (χ4v) is 3.77. The van der Waals surface area contributed by atoms with E-state index in [-0.39, 0.29) is 30.1 Å². The first kappa shape index (κ1) is 26.4. The molecule has 166 valence electrons. The molecule has 30 heavy (non-hydrogen) atoms. The fourth-order valence-electron chi connectivity index (χ4n) is 2.73. The molecule has 2 N–H and O–H groups in total. The number of nitrogens with one attached hydrogen (secondary N) is 2. The summed E-state index contributed by atoms with van der Waals surface area (Å²) in [5, 5.41) is 6.56. The van der Waals surface area contributed by atoms with Crippen LogP contribution in [0.4, 0.5) is 0 Å². The molecule has 0 aliphatic heterocycles. The quantitative estimate of drug-likeness (QED) is 0.265. The number of hydrogen-bond donors (Lipinski definition) is 2. The lowest BCUT2D eigenvalue weighted by Gasteiger charge is -2.18. The molecule has 0 spiro atoms. The molecule has 2 unspecified atom stereocenters. The van der Waals surface area contributed by atoms with Crippen LogP contribution in [-0.2, 0) is 23.1 Å². The van der Waals surface area contributed by atoms with Gasteiger partial charge in [-0.2, -0.15) is 0 Å². The standard InChI is InChI=1S/C23H33N3O2S.HI/c1-5-19(3)28-22-15-18(2)11-12-21(22)16-26-23(24-4)25-13-14-29(27)17-20-9-7-6-8-10-20;/h6-12,15,19H,5,13-14,16-17H2,1-4H3,(H2,24,25,26);1H. The summed E-state index contributed by atoms with van der Waals surface area (Å²) in [5.41, 5.74) is 3.36. The van der Waals surface area contributed by atoms with Crippen molar-refractivity contribution < 1.29 is 8.95 Å². The van der Waals surface area contributed by atoms with E-state index in [0.29, 0.717) is 30.6 Å². The van der Waals surface area contributed by atoms with Crippen LogP contribution >= 0.6 is 24.0 Å². The average molecular weight is 544 g/mol. The van der Waals surface area contributed by atoms with Crippen LogP contribution in [0.3, 0.4) is 0 Å². The predicted molar refractivity (Wildman–Crippen MR) is 138 cm³/mol. The molecule has 0 bridgehead atoms. The van der Waals surface area contributed by atoms with Gasteiger partial charge < -0.3 is 15.4 Å². The Labute approximate surface area is 200 Å². The van der Waals surface area contributed by atoms with Crippen molar-refractivity contribution in [3.05, 3.63) is 65.2 Å². The minimum Gasteiger partial charge on any atom is -0.490 e. The highest BCUT2D eigenvalue weighted by Gasteiger charge is 2.09. The van der Waals surface area contributed by atoms with Crippen LogP contribution in [0.15, 0.2) is 53.5 Å². The lowest BCUT2D eigenvalue weighted by molar-refractivity contribution is 0.215. The molecule has 2 aromatic rings. The largest absolute Gasteiger partial charge is 0.490 e. The lowest BCUT2D eigenvalue weighted by atomic mass is 10.1. The van der Waals surface area contributed by atoms with Gasteiger partial charge >= 0.3 is 0 Å². The second-order valence-electron chi connectivity index (χ2n) is 7.07. The van der Waals surface area contributed by atoms with Gasteiger partial charge in [-0.05, 0) is 37.5 Å². The van der Waals surface area contributed by atoms with Gasteiger partial charge in [-0.25, -0.2) is 0 Å². The van der Waals surface area contributed by atoms with Crippen molar-refractivity contribution >= 4 is 40.7 Å². The first-order valence-corrected chi connectivity index (χ1v) is 11.6. The van der Waals surface area contributed by atoms with Gasteiger partial charge in [0.15, 0.2) is 5.96 Å². The Morgan fingerprint density at radius 1 is 1.17 bits per heavy atom. The number of ether oxygens (including phenoxy) is 1. The molecule has 0 aromatic heterocycles. The Hall–Kier alpha value is -1.61. The highest BCUT2D eigenvalue weighted by molar-refractivity contribution is 14.0. The molecule has 0 amide bonds. The van der Waals surface area contributed by atoms with Crippen LogP contribution in [0.25, 0.3) is 0 Å². The predicted octanol–water partition coefficient (Wildman–Crippen LogP) is 4.40. The third-order valence-electron chi connectivity index (χ3n) is 4.59. The number of rotatable bonds is 10. The van der Waals surface area contributed by atoms with Crippen LogP contribution in [0, 0.1) is 6.92 Å². The lowest BCUT2D eigenvalue weighted by Crippen LogP contribution is -2.38. The maximum atomic E-state index is 12.3. The van der Waals surface area contributed by atoms with Crippen molar-refractivity contribution in [3.63, 3.8) is 0 Å². The first-order valence-electron chi connectivity index (χ1n) is 10.1. The Bertz CT molecular complexity index is 815. The minimum absolute atomic E-state index is 0. The highest BCUT2D eigenvalue weighted by Crippen LogP contribution is 2.22. The van der Waals surface area contributed by atoms with Gasteiger partial charge in [0.05, 0.1) is 6.10 Å². The zero-order valence-electron chi connectivity index (χ0n) is 18.3. The molecule has 2 rings (SSSR count). The third-order valence-corrected chi connectivity index (χ3v) is 5.90. The van der Waals surface area contributed by atoms with Crippen molar-refractivity contribution in [1.29, 1.82) is 0 Å². The number of aryl methyl sites for hydroxylation is 1. The van der Waals surface area contributed by atoms with Crippen molar-refractivity contribution in [3.8, 4) is 5.75 Å². The maximum Gasteiger partial charge on any atom is 0.191 e. The van der Waals surface area contributed by atoms with Gasteiger partial charge in [0.1, 0.15) is 5.75 Å². The Morgan fingerprint density at radius 2 is 1.90 bits per heavy atom. The summed E-state index contributed by atoms with van der Waals surface area (Å²) >= 11 is 0. The van der Waals surface area contributed by atoms with Crippen LogP contribution in [0.5, 0.6) is 5.75 Å². The SMILES string of the molecule is CCC(C)Oc1cc(C)ccc1CNC(=NC)NCCS(=O)Cc1ccccc1.I. The number of benzene rings is 2. The molecule has 0 fully saturated rings. The molecule has 2 aromatic carbocycles. The number of nitrogens with zero attached hydrogens (tertiary/aromatic N) is 1. The molecule has 0 aliphatic carbocycles. The van der Waals surface area contributed by atoms with E-state index in [9.17, 15) is 4.21 Å². The normalized spacial score (nSPS) is 13.1. The van der Waals surface area contributed by atoms with Gasteiger partial charge in [-0.3, -0.25) is 9.20 Å². The van der Waals surface area contributed by atoms with E-state index < -0.39 is 10.8 Å². The second-order valence-corrected chi connectivity index (χ2v) is 8.65. The van der Waals surface area contributed by atoms with Crippen molar-refractivity contribution in [2.24, 2.45) is 4.99 Å². The zero-order chi connectivity index (χ0) is 21.1. The summed E-state index contributed by atoms with van der Waals surface area (Å²) in [6, 6.07) is 16.2. The van der Waals surface area contributed by atoms with E-state index >= 15 is 0 Å². The molecule has 7 heteroatoms. The monoisotopic (exact) mass is 543 g/mol. The van der Waals surface area contributed by atoms with E-state index in [1.54, 1.807) is 7.05 Å². The third kappa shape index (κ3) is 9.47. The van der Waals surface area contributed by atoms with Gasteiger partial charge in [0.2, 0.25) is 0 Å². The number of halogens is 1. The molecule has 0 saturated heterocycles.